The zero-order valence-corrected chi connectivity index (χ0v) is 16.5. The highest BCUT2D eigenvalue weighted by atomic mass is 28.4. The van der Waals surface area contributed by atoms with Gasteiger partial charge in [-0.25, -0.2) is 0 Å². The largest absolute Gasteiger partial charge is 0.501 e. The number of fused-ring (bicyclic) bond motifs is 1. The van der Waals surface area contributed by atoms with E-state index in [4.69, 9.17) is 22.8 Å². The molecule has 136 valence electrons. The molecule has 6 heteroatoms. The van der Waals surface area contributed by atoms with Gasteiger partial charge in [0.2, 0.25) is 5.79 Å². The van der Waals surface area contributed by atoms with Gasteiger partial charge in [0.15, 0.2) is 0 Å². The van der Waals surface area contributed by atoms with Gasteiger partial charge < -0.3 is 22.8 Å². The zero-order chi connectivity index (χ0) is 17.6. The lowest BCUT2D eigenvalue weighted by atomic mass is 10.1. The van der Waals surface area contributed by atoms with E-state index in [1.165, 1.54) is 5.56 Å². The Morgan fingerprint density at radius 3 is 2.25 bits per heavy atom. The number of rotatable bonds is 9. The van der Waals surface area contributed by atoms with Crippen LogP contribution in [0.15, 0.2) is 18.2 Å². The fourth-order valence-corrected chi connectivity index (χ4v) is 5.44. The lowest BCUT2D eigenvalue weighted by Gasteiger charge is -2.33. The molecule has 1 heterocycles. The van der Waals surface area contributed by atoms with Crippen molar-refractivity contribution in [3.8, 4) is 5.75 Å². The summed E-state index contributed by atoms with van der Waals surface area (Å²) in [6.45, 7) is 12.2. The summed E-state index contributed by atoms with van der Waals surface area (Å²) in [7, 11) is -2.60. The summed E-state index contributed by atoms with van der Waals surface area (Å²) >= 11 is 0. The van der Waals surface area contributed by atoms with E-state index in [0.717, 1.165) is 23.8 Å². The van der Waals surface area contributed by atoms with Crippen molar-refractivity contribution in [2.75, 3.05) is 19.8 Å². The molecule has 0 aromatic heterocycles. The van der Waals surface area contributed by atoms with Gasteiger partial charge in [0.25, 0.3) is 0 Å². The maximum atomic E-state index is 5.92. The topological polar surface area (TPSA) is 46.2 Å². The van der Waals surface area contributed by atoms with Crippen LogP contribution >= 0.6 is 0 Å². The second-order valence-corrected chi connectivity index (χ2v) is 8.95. The van der Waals surface area contributed by atoms with Crippen molar-refractivity contribution in [3.63, 3.8) is 0 Å². The fraction of sp³-hybridized carbons (Fsp3) is 0.667. The van der Waals surface area contributed by atoms with E-state index in [9.17, 15) is 0 Å². The molecule has 1 aromatic carbocycles. The van der Waals surface area contributed by atoms with Crippen LogP contribution in [0, 0.1) is 0 Å². The van der Waals surface area contributed by atoms with Crippen molar-refractivity contribution >= 4 is 8.80 Å². The van der Waals surface area contributed by atoms with E-state index in [2.05, 4.69) is 12.1 Å². The van der Waals surface area contributed by atoms with Gasteiger partial charge in [-0.15, -0.1) is 0 Å². The first-order valence-corrected chi connectivity index (χ1v) is 10.7. The molecule has 0 fully saturated rings. The Morgan fingerprint density at radius 1 is 1.04 bits per heavy atom. The summed E-state index contributed by atoms with van der Waals surface area (Å²) in [4.78, 5) is 0. The van der Waals surface area contributed by atoms with Crippen LogP contribution in [0.4, 0.5) is 0 Å². The molecule has 0 aliphatic carbocycles. The molecule has 0 saturated heterocycles. The molecule has 0 bridgehead atoms. The standard InChI is InChI=1S/C18H30O5Si/c1-6-20-24(21-7-2,22-8-3)12-11-15-9-10-17-16(13-15)14-19-18(4,5)23-17/h9-10,13H,6-8,11-12,14H2,1-5H3. The van der Waals surface area contributed by atoms with Gasteiger partial charge in [0, 0.05) is 45.3 Å². The molecular formula is C18H30O5Si. The zero-order valence-electron chi connectivity index (χ0n) is 15.5. The molecule has 0 saturated carbocycles. The monoisotopic (exact) mass is 354 g/mol. The van der Waals surface area contributed by atoms with Crippen molar-refractivity contribution in [1.82, 2.24) is 0 Å². The highest BCUT2D eigenvalue weighted by Gasteiger charge is 2.40. The van der Waals surface area contributed by atoms with E-state index in [0.29, 0.717) is 26.4 Å². The highest BCUT2D eigenvalue weighted by Crippen LogP contribution is 2.32. The first-order chi connectivity index (χ1) is 11.4. The summed E-state index contributed by atoms with van der Waals surface area (Å²) in [6, 6.07) is 7.05. The normalized spacial score (nSPS) is 16.5. The van der Waals surface area contributed by atoms with Crippen LogP contribution < -0.4 is 4.74 Å². The highest BCUT2D eigenvalue weighted by molar-refractivity contribution is 6.60. The average Bonchev–Trinajstić information content (AvgIpc) is 2.53. The maximum absolute atomic E-state index is 5.92. The Bertz CT molecular complexity index is 515. The summed E-state index contributed by atoms with van der Waals surface area (Å²) in [5.74, 6) is 0.341. The molecule has 0 unspecified atom stereocenters. The van der Waals surface area contributed by atoms with Crippen LogP contribution in [-0.2, 0) is 31.0 Å². The van der Waals surface area contributed by atoms with E-state index in [1.807, 2.05) is 40.7 Å². The van der Waals surface area contributed by atoms with E-state index < -0.39 is 14.6 Å². The van der Waals surface area contributed by atoms with Gasteiger partial charge in [0.05, 0.1) is 6.61 Å². The van der Waals surface area contributed by atoms with E-state index in [1.54, 1.807) is 0 Å². The molecule has 1 aromatic rings. The van der Waals surface area contributed by atoms with Crippen LogP contribution in [0.2, 0.25) is 6.04 Å². The third-order valence-electron chi connectivity index (χ3n) is 3.87. The Kier molecular flexibility index (Phi) is 6.83. The second kappa shape index (κ2) is 8.45. The van der Waals surface area contributed by atoms with Crippen molar-refractivity contribution < 1.29 is 22.8 Å². The summed E-state index contributed by atoms with van der Waals surface area (Å²) in [5.41, 5.74) is 2.31. The number of hydrogen-bond donors (Lipinski definition) is 0. The molecule has 2 rings (SSSR count). The van der Waals surface area contributed by atoms with Gasteiger partial charge in [-0.2, -0.15) is 0 Å². The van der Waals surface area contributed by atoms with Crippen LogP contribution in [0.1, 0.15) is 45.7 Å². The first kappa shape index (κ1) is 19.4. The van der Waals surface area contributed by atoms with Crippen LogP contribution in [0.3, 0.4) is 0 Å². The third kappa shape index (κ3) is 5.04. The molecular weight excluding hydrogens is 324 g/mol. The molecule has 5 nitrogen and oxygen atoms in total. The average molecular weight is 355 g/mol. The summed E-state index contributed by atoms with van der Waals surface area (Å²) in [5, 5.41) is 0. The smallest absolute Gasteiger partial charge is 0.463 e. The van der Waals surface area contributed by atoms with Gasteiger partial charge in [0.1, 0.15) is 5.75 Å². The van der Waals surface area contributed by atoms with Crippen molar-refractivity contribution in [3.05, 3.63) is 29.3 Å². The van der Waals surface area contributed by atoms with E-state index >= 15 is 0 Å². The number of hydrogen-bond acceptors (Lipinski definition) is 5. The van der Waals surface area contributed by atoms with Gasteiger partial charge in [-0.3, -0.25) is 0 Å². The number of benzene rings is 1. The molecule has 0 atom stereocenters. The molecule has 0 spiro atoms. The third-order valence-corrected chi connectivity index (χ3v) is 6.92. The van der Waals surface area contributed by atoms with Crippen LogP contribution in [0.5, 0.6) is 5.75 Å². The molecule has 24 heavy (non-hydrogen) atoms. The number of ether oxygens (including phenoxy) is 2. The maximum Gasteiger partial charge on any atom is 0.501 e. The lowest BCUT2D eigenvalue weighted by molar-refractivity contribution is -0.180. The molecule has 0 N–H and O–H groups in total. The van der Waals surface area contributed by atoms with Crippen LogP contribution in [0.25, 0.3) is 0 Å². The second-order valence-electron chi connectivity index (χ2n) is 6.21. The fourth-order valence-electron chi connectivity index (χ4n) is 2.85. The SMILES string of the molecule is CCO[Si](CCc1ccc2c(c1)COC(C)(C)O2)(OCC)OCC. The molecule has 0 amide bonds. The predicted molar refractivity (Wildman–Crippen MR) is 95.1 cm³/mol. The van der Waals surface area contributed by atoms with Gasteiger partial charge >= 0.3 is 8.80 Å². The Balaban J connectivity index is 2.07. The van der Waals surface area contributed by atoms with Gasteiger partial charge in [-0.05, 0) is 44.9 Å². The van der Waals surface area contributed by atoms with E-state index in [-0.39, 0.29) is 0 Å². The minimum absolute atomic E-state index is 0.560. The summed E-state index contributed by atoms with van der Waals surface area (Å²) in [6.07, 6.45) is 0.850. The number of aryl methyl sites for hydroxylation is 1. The lowest BCUT2D eigenvalue weighted by Crippen LogP contribution is -2.46. The molecule has 1 aliphatic heterocycles. The first-order valence-electron chi connectivity index (χ1n) is 8.80. The predicted octanol–water partition coefficient (Wildman–Crippen LogP) is 3.92. The van der Waals surface area contributed by atoms with Crippen molar-refractivity contribution in [1.29, 1.82) is 0 Å². The van der Waals surface area contributed by atoms with Crippen molar-refractivity contribution in [2.45, 2.75) is 59.5 Å². The Hall–Kier alpha value is -0.923. The van der Waals surface area contributed by atoms with Crippen molar-refractivity contribution in [2.24, 2.45) is 0 Å². The molecule has 0 radical (unpaired) electrons. The van der Waals surface area contributed by atoms with Gasteiger partial charge in [-0.1, -0.05) is 6.07 Å². The Labute approximate surface area is 146 Å². The Morgan fingerprint density at radius 2 is 1.67 bits per heavy atom. The minimum atomic E-state index is -2.60. The van der Waals surface area contributed by atoms with Crippen LogP contribution in [-0.4, -0.2) is 34.4 Å². The quantitative estimate of drug-likeness (QED) is 0.629. The summed E-state index contributed by atoms with van der Waals surface area (Å²) < 4.78 is 29.3. The molecule has 1 aliphatic rings. The minimum Gasteiger partial charge on any atom is -0.463 e.